The summed E-state index contributed by atoms with van der Waals surface area (Å²) in [4.78, 5) is 15.0. The number of alkyl halides is 3. The number of aromatic nitrogens is 1. The lowest BCUT2D eigenvalue weighted by Gasteiger charge is -2.14. The van der Waals surface area contributed by atoms with Gasteiger partial charge in [-0.25, -0.2) is 0 Å². The summed E-state index contributed by atoms with van der Waals surface area (Å²) in [5.41, 5.74) is -4.84. The molecule has 0 aliphatic rings. The second-order valence-corrected chi connectivity index (χ2v) is 6.67. The number of hydrogen-bond donors (Lipinski definition) is 0. The molecule has 1 aromatic carbocycles. The third-order valence-electron chi connectivity index (χ3n) is 3.16. The van der Waals surface area contributed by atoms with Gasteiger partial charge < -0.3 is 13.7 Å². The minimum Gasteiger partial charge on any atom is -0.485 e. The predicted molar refractivity (Wildman–Crippen MR) is 86.3 cm³/mol. The van der Waals surface area contributed by atoms with Gasteiger partial charge in [0.25, 0.3) is 0 Å². The molecule has 1 heterocycles. The lowest BCUT2D eigenvalue weighted by atomic mass is 10.2. The number of ether oxygens (including phenoxy) is 2. The van der Waals surface area contributed by atoms with Gasteiger partial charge in [0.05, 0.1) is 25.4 Å². The van der Waals surface area contributed by atoms with E-state index in [0.29, 0.717) is 5.56 Å². The standard InChI is InChI=1S/C16H14F3NO6S/c1-24-15(21)8-12-7-13(25-10-11-5-3-2-4-6-11)14(9-20-12)26-27(22,23)16(17,18)19/h2-7,9H,8,10H2,1H3. The van der Waals surface area contributed by atoms with E-state index in [9.17, 15) is 26.4 Å². The molecule has 0 radical (unpaired) electrons. The van der Waals surface area contributed by atoms with Gasteiger partial charge in [-0.05, 0) is 5.56 Å². The summed E-state index contributed by atoms with van der Waals surface area (Å²) in [5, 5.41) is 0. The first-order chi connectivity index (χ1) is 12.6. The van der Waals surface area contributed by atoms with E-state index in [0.717, 1.165) is 19.4 Å². The van der Waals surface area contributed by atoms with Gasteiger partial charge in [0.2, 0.25) is 5.75 Å². The first-order valence-electron chi connectivity index (χ1n) is 7.35. The summed E-state index contributed by atoms with van der Waals surface area (Å²) >= 11 is 0. The van der Waals surface area contributed by atoms with Crippen molar-refractivity contribution in [2.24, 2.45) is 0 Å². The molecule has 0 amide bonds. The zero-order valence-electron chi connectivity index (χ0n) is 13.9. The monoisotopic (exact) mass is 405 g/mol. The molecule has 0 unspecified atom stereocenters. The summed E-state index contributed by atoms with van der Waals surface area (Å²) in [5.74, 6) is -1.72. The summed E-state index contributed by atoms with van der Waals surface area (Å²) in [6.07, 6.45) is 0.451. The van der Waals surface area contributed by atoms with Crippen LogP contribution in [0.5, 0.6) is 11.5 Å². The summed E-state index contributed by atoms with van der Waals surface area (Å²) in [7, 11) is -4.75. The summed E-state index contributed by atoms with van der Waals surface area (Å²) in [6.45, 7) is -0.0784. The molecule has 0 spiro atoms. The molecule has 27 heavy (non-hydrogen) atoms. The molecule has 0 fully saturated rings. The molecule has 7 nitrogen and oxygen atoms in total. The summed E-state index contributed by atoms with van der Waals surface area (Å²) < 4.78 is 74.2. The van der Waals surface area contributed by atoms with Crippen molar-refractivity contribution in [2.45, 2.75) is 18.5 Å². The molecular weight excluding hydrogens is 391 g/mol. The number of carbonyl (C=O) groups is 1. The van der Waals surface area contributed by atoms with Crippen LogP contribution in [0.25, 0.3) is 0 Å². The fraction of sp³-hybridized carbons (Fsp3) is 0.250. The molecule has 0 atom stereocenters. The second-order valence-electron chi connectivity index (χ2n) is 5.13. The minimum atomic E-state index is -5.91. The van der Waals surface area contributed by atoms with Crippen molar-refractivity contribution in [3.05, 3.63) is 53.9 Å². The number of hydrogen-bond acceptors (Lipinski definition) is 7. The smallest absolute Gasteiger partial charge is 0.485 e. The fourth-order valence-electron chi connectivity index (χ4n) is 1.86. The normalized spacial score (nSPS) is 11.7. The minimum absolute atomic E-state index is 0.0784. The Morgan fingerprint density at radius 1 is 1.15 bits per heavy atom. The molecule has 1 aromatic heterocycles. The average Bonchev–Trinajstić information content (AvgIpc) is 2.61. The van der Waals surface area contributed by atoms with Crippen molar-refractivity contribution in [3.8, 4) is 11.5 Å². The number of rotatable bonds is 7. The van der Waals surface area contributed by atoms with Crippen LogP contribution in [0, 0.1) is 0 Å². The Morgan fingerprint density at radius 3 is 2.41 bits per heavy atom. The molecular formula is C16H14F3NO6S. The maximum Gasteiger partial charge on any atom is 0.534 e. The molecule has 0 saturated carbocycles. The fourth-order valence-corrected chi connectivity index (χ4v) is 2.31. The number of carbonyl (C=O) groups excluding carboxylic acids is 1. The van der Waals surface area contributed by atoms with E-state index in [2.05, 4.69) is 13.9 Å². The Balaban J connectivity index is 2.32. The predicted octanol–water partition coefficient (Wildman–Crippen LogP) is 2.60. The molecule has 0 bridgehead atoms. The number of benzene rings is 1. The molecule has 11 heteroatoms. The maximum atomic E-state index is 12.6. The average molecular weight is 405 g/mol. The van der Waals surface area contributed by atoms with E-state index in [-0.39, 0.29) is 24.5 Å². The zero-order chi connectivity index (χ0) is 20.1. The Hall–Kier alpha value is -2.82. The van der Waals surface area contributed by atoms with Crippen molar-refractivity contribution >= 4 is 16.1 Å². The highest BCUT2D eigenvalue weighted by Crippen LogP contribution is 2.33. The van der Waals surface area contributed by atoms with E-state index in [1.807, 2.05) is 0 Å². The van der Waals surface area contributed by atoms with Crippen LogP contribution >= 0.6 is 0 Å². The van der Waals surface area contributed by atoms with Crippen LogP contribution in [0.15, 0.2) is 42.6 Å². The molecule has 2 rings (SSSR count). The number of methoxy groups -OCH3 is 1. The maximum absolute atomic E-state index is 12.6. The van der Waals surface area contributed by atoms with Crippen LogP contribution in [-0.4, -0.2) is 32.0 Å². The number of pyridine rings is 1. The van der Waals surface area contributed by atoms with E-state index in [4.69, 9.17) is 4.74 Å². The topological polar surface area (TPSA) is 91.8 Å². The van der Waals surface area contributed by atoms with Gasteiger partial charge in [-0.15, -0.1) is 0 Å². The van der Waals surface area contributed by atoms with Crippen molar-refractivity contribution in [3.63, 3.8) is 0 Å². The van der Waals surface area contributed by atoms with E-state index in [1.54, 1.807) is 30.3 Å². The van der Waals surface area contributed by atoms with Crippen LogP contribution in [0.2, 0.25) is 0 Å². The lowest BCUT2D eigenvalue weighted by molar-refractivity contribution is -0.139. The van der Waals surface area contributed by atoms with Gasteiger partial charge in [0, 0.05) is 6.07 Å². The third kappa shape index (κ3) is 5.58. The van der Waals surface area contributed by atoms with Crippen molar-refractivity contribution in [1.29, 1.82) is 0 Å². The van der Waals surface area contributed by atoms with Gasteiger partial charge >= 0.3 is 21.6 Å². The Morgan fingerprint density at radius 2 is 1.81 bits per heavy atom. The van der Waals surface area contributed by atoms with Crippen LogP contribution in [0.1, 0.15) is 11.3 Å². The largest absolute Gasteiger partial charge is 0.534 e. The van der Waals surface area contributed by atoms with Gasteiger partial charge in [-0.3, -0.25) is 9.78 Å². The molecule has 146 valence electrons. The van der Waals surface area contributed by atoms with Crippen LogP contribution < -0.4 is 8.92 Å². The second kappa shape index (κ2) is 8.25. The van der Waals surface area contributed by atoms with Crippen LogP contribution in [0.4, 0.5) is 13.2 Å². The van der Waals surface area contributed by atoms with Gasteiger partial charge in [-0.2, -0.15) is 21.6 Å². The number of esters is 1. The van der Waals surface area contributed by atoms with Crippen LogP contribution in [0.3, 0.4) is 0 Å². The number of halogens is 3. The lowest BCUT2D eigenvalue weighted by Crippen LogP contribution is -2.28. The van der Waals surface area contributed by atoms with E-state index < -0.39 is 27.3 Å². The van der Waals surface area contributed by atoms with Gasteiger partial charge in [0.15, 0.2) is 5.75 Å². The van der Waals surface area contributed by atoms with Crippen molar-refractivity contribution in [1.82, 2.24) is 4.98 Å². The highest BCUT2D eigenvalue weighted by molar-refractivity contribution is 7.88. The molecule has 0 saturated heterocycles. The number of nitrogens with zero attached hydrogens (tertiary/aromatic N) is 1. The Kier molecular flexibility index (Phi) is 6.26. The zero-order valence-corrected chi connectivity index (χ0v) is 14.7. The molecule has 0 aliphatic carbocycles. The van der Waals surface area contributed by atoms with Gasteiger partial charge in [-0.1, -0.05) is 30.3 Å². The van der Waals surface area contributed by atoms with Gasteiger partial charge in [0.1, 0.15) is 6.61 Å². The van der Waals surface area contributed by atoms with Crippen molar-refractivity contribution < 1.29 is 40.0 Å². The molecule has 0 aliphatic heterocycles. The first-order valence-corrected chi connectivity index (χ1v) is 8.76. The van der Waals surface area contributed by atoms with Crippen LogP contribution in [-0.2, 0) is 32.7 Å². The highest BCUT2D eigenvalue weighted by atomic mass is 32.2. The first kappa shape index (κ1) is 20.5. The van der Waals surface area contributed by atoms with E-state index in [1.165, 1.54) is 0 Å². The SMILES string of the molecule is COC(=O)Cc1cc(OCc2ccccc2)c(OS(=O)(=O)C(F)(F)F)cn1. The Labute approximate surface area is 152 Å². The quantitative estimate of drug-likeness (QED) is 0.397. The Bertz CT molecular complexity index is 900. The molecule has 0 N–H and O–H groups in total. The highest BCUT2D eigenvalue weighted by Gasteiger charge is 2.49. The summed E-state index contributed by atoms with van der Waals surface area (Å²) in [6, 6.07) is 9.71. The van der Waals surface area contributed by atoms with Crippen molar-refractivity contribution in [2.75, 3.05) is 7.11 Å². The molecule has 2 aromatic rings. The van der Waals surface area contributed by atoms with E-state index >= 15 is 0 Å². The third-order valence-corrected chi connectivity index (χ3v) is 4.13.